The Hall–Kier alpha value is -4.01. The van der Waals surface area contributed by atoms with E-state index >= 15 is 0 Å². The number of amidine groups is 1. The van der Waals surface area contributed by atoms with Crippen LogP contribution >= 0.6 is 0 Å². The molecule has 0 bridgehead atoms. The maximum absolute atomic E-state index is 13.0. The van der Waals surface area contributed by atoms with Crippen LogP contribution in [0.5, 0.6) is 11.5 Å². The molecule has 2 amide bonds. The van der Waals surface area contributed by atoms with Crippen LogP contribution in [-0.2, 0) is 6.18 Å². The molecule has 0 spiro atoms. The number of hydrogen-bond donors (Lipinski definition) is 1. The molecule has 9 heteroatoms. The predicted octanol–water partition coefficient (Wildman–Crippen LogP) is 6.44. The molecule has 0 aliphatic carbocycles. The van der Waals surface area contributed by atoms with Crippen LogP contribution in [0.15, 0.2) is 71.7 Å². The Morgan fingerprint density at radius 1 is 0.944 bits per heavy atom. The highest BCUT2D eigenvalue weighted by Gasteiger charge is 2.31. The molecule has 3 aromatic carbocycles. The van der Waals surface area contributed by atoms with Gasteiger partial charge in [0.25, 0.3) is 0 Å². The first-order valence-corrected chi connectivity index (χ1v) is 11.7. The van der Waals surface area contributed by atoms with Crippen molar-refractivity contribution in [1.82, 2.24) is 9.80 Å². The number of amides is 2. The molecule has 0 saturated carbocycles. The van der Waals surface area contributed by atoms with Crippen LogP contribution in [0, 0.1) is 6.92 Å². The fourth-order valence-electron chi connectivity index (χ4n) is 4.39. The van der Waals surface area contributed by atoms with Gasteiger partial charge in [0.2, 0.25) is 0 Å². The number of rotatable bonds is 1. The van der Waals surface area contributed by atoms with Gasteiger partial charge >= 0.3 is 12.2 Å². The summed E-state index contributed by atoms with van der Waals surface area (Å²) in [5.74, 6) is 2.17. The van der Waals surface area contributed by atoms with E-state index in [4.69, 9.17) is 9.73 Å². The first-order chi connectivity index (χ1) is 17.3. The minimum Gasteiger partial charge on any atom is -0.454 e. The third-order valence-corrected chi connectivity index (χ3v) is 6.21. The molecule has 6 nitrogen and oxygen atoms in total. The van der Waals surface area contributed by atoms with E-state index in [2.05, 4.69) is 10.2 Å². The molecule has 2 aliphatic heterocycles. The molecule has 0 unspecified atom stereocenters. The van der Waals surface area contributed by atoms with Crippen molar-refractivity contribution in [2.45, 2.75) is 19.5 Å². The van der Waals surface area contributed by atoms with Crippen LogP contribution < -0.4 is 10.1 Å². The Morgan fingerprint density at radius 2 is 1.78 bits per heavy atom. The summed E-state index contributed by atoms with van der Waals surface area (Å²) < 4.78 is 45.3. The first-order valence-electron chi connectivity index (χ1n) is 11.7. The summed E-state index contributed by atoms with van der Waals surface area (Å²) in [5, 5.41) is 2.61. The maximum atomic E-state index is 13.0. The van der Waals surface area contributed by atoms with Gasteiger partial charge in [0.1, 0.15) is 17.3 Å². The highest BCUT2D eigenvalue weighted by molar-refractivity contribution is 6.04. The van der Waals surface area contributed by atoms with Gasteiger partial charge in [-0.3, -0.25) is 0 Å². The van der Waals surface area contributed by atoms with Gasteiger partial charge < -0.3 is 19.9 Å². The zero-order valence-electron chi connectivity index (χ0n) is 19.7. The van der Waals surface area contributed by atoms with Crippen LogP contribution in [0.25, 0.3) is 0 Å². The Kier molecular flexibility index (Phi) is 6.30. The SMILES string of the molecule is Cc1ccc2c(c1)C(N1CCCN(C(=O)Nc3cccc(C(F)(F)F)c3)CC1)=Nc1ccccc1O2. The molecule has 2 aliphatic rings. The van der Waals surface area contributed by atoms with Crippen molar-refractivity contribution < 1.29 is 22.7 Å². The second-order valence-electron chi connectivity index (χ2n) is 8.84. The van der Waals surface area contributed by atoms with Crippen molar-refractivity contribution in [2.24, 2.45) is 4.99 Å². The van der Waals surface area contributed by atoms with Crippen molar-refractivity contribution in [3.8, 4) is 11.5 Å². The van der Waals surface area contributed by atoms with Crippen LogP contribution in [0.3, 0.4) is 0 Å². The van der Waals surface area contributed by atoms with E-state index < -0.39 is 17.8 Å². The van der Waals surface area contributed by atoms with E-state index in [0.717, 1.165) is 34.8 Å². The number of carbonyl (C=O) groups excluding carboxylic acids is 1. The molecule has 3 aromatic rings. The molecular weight excluding hydrogens is 469 g/mol. The zero-order valence-corrected chi connectivity index (χ0v) is 19.7. The molecule has 1 N–H and O–H groups in total. The average Bonchev–Trinajstić information content (AvgIpc) is 3.19. The number of aliphatic imine (C=N–C) groups is 1. The molecule has 1 fully saturated rings. The number of hydrogen-bond acceptors (Lipinski definition) is 4. The standard InChI is InChI=1S/C27H25F3N4O2/c1-18-10-11-23-21(16-18)25(32-22-8-2-3-9-24(22)36-23)33-12-5-13-34(15-14-33)26(35)31-20-7-4-6-19(17-20)27(28,29)30/h2-4,6-11,16-17H,5,12-15H2,1H3,(H,31,35). The van der Waals surface area contributed by atoms with E-state index in [-0.39, 0.29) is 5.69 Å². The largest absolute Gasteiger partial charge is 0.454 e. The molecule has 0 atom stereocenters. The molecule has 0 aromatic heterocycles. The van der Waals surface area contributed by atoms with Gasteiger partial charge in [-0.2, -0.15) is 13.2 Å². The maximum Gasteiger partial charge on any atom is 0.416 e. The lowest BCUT2D eigenvalue weighted by Crippen LogP contribution is -2.39. The Bertz CT molecular complexity index is 1320. The number of nitrogens with one attached hydrogen (secondary N) is 1. The van der Waals surface area contributed by atoms with Gasteiger partial charge in [-0.25, -0.2) is 9.79 Å². The molecule has 186 valence electrons. The number of ether oxygens (including phenoxy) is 1. The van der Waals surface area contributed by atoms with Crippen LogP contribution in [0.1, 0.15) is 23.1 Å². The minimum absolute atomic E-state index is 0.113. The lowest BCUT2D eigenvalue weighted by molar-refractivity contribution is -0.137. The Balaban J connectivity index is 1.35. The fourth-order valence-corrected chi connectivity index (χ4v) is 4.39. The topological polar surface area (TPSA) is 57.2 Å². The highest BCUT2D eigenvalue weighted by atomic mass is 19.4. The summed E-state index contributed by atoms with van der Waals surface area (Å²) in [6, 6.07) is 17.8. The van der Waals surface area contributed by atoms with Gasteiger partial charge in [0, 0.05) is 31.9 Å². The van der Waals surface area contributed by atoms with Gasteiger partial charge in [0.15, 0.2) is 5.75 Å². The molecule has 36 heavy (non-hydrogen) atoms. The lowest BCUT2D eigenvalue weighted by atomic mass is 10.1. The van der Waals surface area contributed by atoms with Crippen LogP contribution in [-0.4, -0.2) is 47.8 Å². The number of fused-ring (bicyclic) bond motifs is 2. The number of carbonyl (C=O) groups is 1. The predicted molar refractivity (Wildman–Crippen MR) is 132 cm³/mol. The van der Waals surface area contributed by atoms with Crippen molar-refractivity contribution in [3.05, 3.63) is 83.4 Å². The van der Waals surface area contributed by atoms with Gasteiger partial charge in [-0.15, -0.1) is 0 Å². The van der Waals surface area contributed by atoms with Gasteiger partial charge in [-0.05, 0) is 55.8 Å². The molecule has 5 rings (SSSR count). The van der Waals surface area contributed by atoms with Crippen molar-refractivity contribution in [3.63, 3.8) is 0 Å². The van der Waals surface area contributed by atoms with Crippen molar-refractivity contribution >= 4 is 23.2 Å². The van der Waals surface area contributed by atoms with E-state index in [1.165, 1.54) is 12.1 Å². The van der Waals surface area contributed by atoms with Gasteiger partial charge in [-0.1, -0.05) is 29.8 Å². The lowest BCUT2D eigenvalue weighted by Gasteiger charge is -2.25. The number of nitrogens with zero attached hydrogens (tertiary/aromatic N) is 3. The number of benzene rings is 3. The van der Waals surface area contributed by atoms with Crippen molar-refractivity contribution in [1.29, 1.82) is 0 Å². The van der Waals surface area contributed by atoms with E-state index in [1.807, 2.05) is 49.4 Å². The summed E-state index contributed by atoms with van der Waals surface area (Å²) in [4.78, 5) is 21.6. The highest BCUT2D eigenvalue weighted by Crippen LogP contribution is 2.38. The van der Waals surface area contributed by atoms with Crippen molar-refractivity contribution in [2.75, 3.05) is 31.5 Å². The third kappa shape index (κ3) is 5.00. The monoisotopic (exact) mass is 494 g/mol. The Labute approximate surface area is 207 Å². The number of urea groups is 1. The summed E-state index contributed by atoms with van der Waals surface area (Å²) in [7, 11) is 0. The average molecular weight is 495 g/mol. The smallest absolute Gasteiger partial charge is 0.416 e. The quantitative estimate of drug-likeness (QED) is 0.424. The number of alkyl halides is 3. The number of halogens is 3. The summed E-state index contributed by atoms with van der Waals surface area (Å²) in [6.07, 6.45) is -3.79. The number of anilines is 1. The van der Waals surface area contributed by atoms with Gasteiger partial charge in [0.05, 0.1) is 11.1 Å². The Morgan fingerprint density at radius 3 is 2.61 bits per heavy atom. The van der Waals surface area contributed by atoms with Crippen LogP contribution in [0.4, 0.5) is 29.3 Å². The number of aryl methyl sites for hydroxylation is 1. The number of para-hydroxylation sites is 2. The molecule has 2 heterocycles. The second-order valence-corrected chi connectivity index (χ2v) is 8.84. The van der Waals surface area contributed by atoms with Crippen LogP contribution in [0.2, 0.25) is 0 Å². The normalized spacial score (nSPS) is 15.6. The van der Waals surface area contributed by atoms with E-state index in [1.54, 1.807) is 4.90 Å². The summed E-state index contributed by atoms with van der Waals surface area (Å²) >= 11 is 0. The fraction of sp³-hybridized carbons (Fsp3) is 0.259. The summed E-state index contributed by atoms with van der Waals surface area (Å²) in [5.41, 5.74) is 2.00. The zero-order chi connectivity index (χ0) is 25.3. The minimum atomic E-state index is -4.47. The molecule has 1 saturated heterocycles. The first kappa shape index (κ1) is 23.7. The molecule has 0 radical (unpaired) electrons. The van der Waals surface area contributed by atoms with E-state index in [0.29, 0.717) is 44.1 Å². The summed E-state index contributed by atoms with van der Waals surface area (Å²) in [6.45, 7) is 4.07. The van der Waals surface area contributed by atoms with E-state index in [9.17, 15) is 18.0 Å². The third-order valence-electron chi connectivity index (χ3n) is 6.21. The molecular formula is C27H25F3N4O2. The second kappa shape index (κ2) is 9.56.